The molecule has 0 aromatic heterocycles. The highest BCUT2D eigenvalue weighted by atomic mass is 35.5. The van der Waals surface area contributed by atoms with Gasteiger partial charge in [0.2, 0.25) is 0 Å². The van der Waals surface area contributed by atoms with Crippen LogP contribution in [-0.2, 0) is 4.74 Å². The lowest BCUT2D eigenvalue weighted by Gasteiger charge is -2.21. The van der Waals surface area contributed by atoms with Gasteiger partial charge in [-0.05, 0) is 39.8 Å². The summed E-state index contributed by atoms with van der Waals surface area (Å²) in [5, 5.41) is 16.9. The van der Waals surface area contributed by atoms with Crippen LogP contribution in [0.2, 0.25) is 5.02 Å². The molecule has 1 aromatic rings. The van der Waals surface area contributed by atoms with Gasteiger partial charge in [0.25, 0.3) is 5.69 Å². The van der Waals surface area contributed by atoms with Crippen LogP contribution in [0.3, 0.4) is 0 Å². The van der Waals surface area contributed by atoms with Crippen molar-refractivity contribution in [2.24, 2.45) is 0 Å². The van der Waals surface area contributed by atoms with E-state index >= 15 is 0 Å². The molecule has 0 spiro atoms. The largest absolute Gasteiger partial charge is 0.444 e. The maximum absolute atomic E-state index is 11.6. The number of benzene rings is 1. The van der Waals surface area contributed by atoms with Crippen molar-refractivity contribution in [3.05, 3.63) is 33.3 Å². The summed E-state index contributed by atoms with van der Waals surface area (Å²) in [5.74, 6) is 0. The maximum Gasteiger partial charge on any atom is 0.407 e. The second kappa shape index (κ2) is 7.31. The van der Waals surface area contributed by atoms with Gasteiger partial charge in [-0.2, -0.15) is 0 Å². The van der Waals surface area contributed by atoms with E-state index in [4.69, 9.17) is 16.3 Å². The Kier molecular flexibility index (Phi) is 5.99. The van der Waals surface area contributed by atoms with Crippen molar-refractivity contribution >= 4 is 29.1 Å². The van der Waals surface area contributed by atoms with Gasteiger partial charge >= 0.3 is 6.09 Å². The number of halogens is 1. The maximum atomic E-state index is 11.6. The summed E-state index contributed by atoms with van der Waals surface area (Å²) in [6, 6.07) is 4.02. The number of nitro groups is 1. The van der Waals surface area contributed by atoms with E-state index in [1.54, 1.807) is 27.7 Å². The minimum Gasteiger partial charge on any atom is -0.444 e. The highest BCUT2D eigenvalue weighted by molar-refractivity contribution is 6.31. The Labute approximate surface area is 134 Å². The van der Waals surface area contributed by atoms with Gasteiger partial charge in [0.1, 0.15) is 11.3 Å². The van der Waals surface area contributed by atoms with Gasteiger partial charge in [0, 0.05) is 23.7 Å². The summed E-state index contributed by atoms with van der Waals surface area (Å²) < 4.78 is 5.11. The first-order valence-electron chi connectivity index (χ1n) is 6.76. The summed E-state index contributed by atoms with van der Waals surface area (Å²) >= 11 is 5.85. The second-order valence-electron chi connectivity index (χ2n) is 5.85. The number of carbonyl (C=O) groups excluding carboxylic acids is 1. The van der Waals surface area contributed by atoms with E-state index in [1.807, 2.05) is 0 Å². The van der Waals surface area contributed by atoms with E-state index in [2.05, 4.69) is 10.6 Å². The van der Waals surface area contributed by atoms with Crippen LogP contribution in [0.5, 0.6) is 0 Å². The van der Waals surface area contributed by atoms with E-state index in [0.29, 0.717) is 10.7 Å². The van der Waals surface area contributed by atoms with E-state index in [-0.39, 0.29) is 18.3 Å². The second-order valence-corrected chi connectivity index (χ2v) is 6.28. The fourth-order valence-electron chi connectivity index (χ4n) is 1.65. The quantitative estimate of drug-likeness (QED) is 0.636. The minimum absolute atomic E-state index is 0.0754. The topological polar surface area (TPSA) is 93.5 Å². The molecule has 1 atom stereocenters. The molecule has 122 valence electrons. The number of rotatable bonds is 5. The molecule has 0 aliphatic carbocycles. The average Bonchev–Trinajstić information content (AvgIpc) is 2.34. The molecule has 0 radical (unpaired) electrons. The molecule has 1 aromatic carbocycles. The number of hydrogen-bond donors (Lipinski definition) is 2. The lowest BCUT2D eigenvalue weighted by atomic mass is 10.2. The number of amides is 1. The molecule has 2 N–H and O–H groups in total. The third-order valence-electron chi connectivity index (χ3n) is 2.51. The monoisotopic (exact) mass is 329 g/mol. The number of nitrogens with zero attached hydrogens (tertiary/aromatic N) is 1. The molecule has 0 fully saturated rings. The van der Waals surface area contributed by atoms with Crippen molar-refractivity contribution in [2.45, 2.75) is 39.3 Å². The van der Waals surface area contributed by atoms with Crippen molar-refractivity contribution in [1.29, 1.82) is 0 Å². The molecule has 0 heterocycles. The number of nitro benzene ring substituents is 1. The molecule has 8 heteroatoms. The molecule has 0 aliphatic rings. The molecular formula is C14H20ClN3O4. The highest BCUT2D eigenvalue weighted by Crippen LogP contribution is 2.28. The summed E-state index contributed by atoms with van der Waals surface area (Å²) in [7, 11) is 0. The molecule has 7 nitrogen and oxygen atoms in total. The zero-order valence-corrected chi connectivity index (χ0v) is 13.7. The van der Waals surface area contributed by atoms with Crippen molar-refractivity contribution in [3.63, 3.8) is 0 Å². The first-order chi connectivity index (χ1) is 10.1. The van der Waals surface area contributed by atoms with Crippen LogP contribution in [-0.4, -0.2) is 29.2 Å². The van der Waals surface area contributed by atoms with Crippen molar-refractivity contribution < 1.29 is 14.5 Å². The highest BCUT2D eigenvalue weighted by Gasteiger charge is 2.18. The SMILES string of the molecule is CC(CNC(=O)OC(C)(C)C)Nc1cc(Cl)ccc1[N+](=O)[O-]. The Balaban J connectivity index is 2.62. The molecule has 0 saturated carbocycles. The Morgan fingerprint density at radius 3 is 2.64 bits per heavy atom. The third kappa shape index (κ3) is 6.17. The fourth-order valence-corrected chi connectivity index (χ4v) is 1.82. The molecule has 0 aliphatic heterocycles. The fraction of sp³-hybridized carbons (Fsp3) is 0.500. The summed E-state index contributed by atoms with van der Waals surface area (Å²) in [5.41, 5.74) is -0.350. The summed E-state index contributed by atoms with van der Waals surface area (Å²) in [6.07, 6.45) is -0.540. The lowest BCUT2D eigenvalue weighted by Crippen LogP contribution is -2.38. The van der Waals surface area contributed by atoms with E-state index in [1.165, 1.54) is 18.2 Å². The number of nitrogens with one attached hydrogen (secondary N) is 2. The number of hydrogen-bond acceptors (Lipinski definition) is 5. The smallest absolute Gasteiger partial charge is 0.407 e. The van der Waals surface area contributed by atoms with Crippen LogP contribution in [0.25, 0.3) is 0 Å². The summed E-state index contributed by atoms with van der Waals surface area (Å²) in [6.45, 7) is 7.33. The number of ether oxygens (including phenoxy) is 1. The van der Waals surface area contributed by atoms with E-state index in [0.717, 1.165) is 0 Å². The van der Waals surface area contributed by atoms with Crippen LogP contribution in [0, 0.1) is 10.1 Å². The number of carbonyl (C=O) groups is 1. The molecule has 22 heavy (non-hydrogen) atoms. The number of anilines is 1. The van der Waals surface area contributed by atoms with Gasteiger partial charge in [-0.25, -0.2) is 4.79 Å². The first kappa shape index (κ1) is 18.0. The molecule has 1 amide bonds. The van der Waals surface area contributed by atoms with Crippen LogP contribution in [0.4, 0.5) is 16.2 Å². The van der Waals surface area contributed by atoms with Gasteiger partial charge in [0.05, 0.1) is 4.92 Å². The van der Waals surface area contributed by atoms with Gasteiger partial charge in [-0.3, -0.25) is 10.1 Å². The zero-order chi connectivity index (χ0) is 16.9. The van der Waals surface area contributed by atoms with E-state index < -0.39 is 16.6 Å². The van der Waals surface area contributed by atoms with Gasteiger partial charge in [0.15, 0.2) is 0 Å². The molecule has 0 bridgehead atoms. The lowest BCUT2D eigenvalue weighted by molar-refractivity contribution is -0.384. The Morgan fingerprint density at radius 1 is 1.45 bits per heavy atom. The van der Waals surface area contributed by atoms with Crippen LogP contribution < -0.4 is 10.6 Å². The normalized spacial score (nSPS) is 12.4. The van der Waals surface area contributed by atoms with Crippen molar-refractivity contribution in [3.8, 4) is 0 Å². The number of alkyl carbamates (subject to hydrolysis) is 1. The van der Waals surface area contributed by atoms with Crippen molar-refractivity contribution in [1.82, 2.24) is 5.32 Å². The molecule has 1 unspecified atom stereocenters. The zero-order valence-electron chi connectivity index (χ0n) is 13.0. The molecule has 0 saturated heterocycles. The van der Waals surface area contributed by atoms with Crippen LogP contribution in [0.15, 0.2) is 18.2 Å². The Hall–Kier alpha value is -2.02. The standard InChI is InChI=1S/C14H20ClN3O4/c1-9(8-16-13(19)22-14(2,3)4)17-11-7-10(15)5-6-12(11)18(20)21/h5-7,9,17H,8H2,1-4H3,(H,16,19). The Bertz CT molecular complexity index is 558. The third-order valence-corrected chi connectivity index (χ3v) is 2.74. The predicted molar refractivity (Wildman–Crippen MR) is 85.4 cm³/mol. The molecule has 1 rings (SSSR count). The van der Waals surface area contributed by atoms with E-state index in [9.17, 15) is 14.9 Å². The Morgan fingerprint density at radius 2 is 2.09 bits per heavy atom. The predicted octanol–water partition coefficient (Wildman–Crippen LogP) is 3.57. The minimum atomic E-state index is -0.577. The van der Waals surface area contributed by atoms with Gasteiger partial charge in [-0.1, -0.05) is 11.6 Å². The van der Waals surface area contributed by atoms with Crippen LogP contribution >= 0.6 is 11.6 Å². The van der Waals surface area contributed by atoms with Gasteiger partial charge in [-0.15, -0.1) is 0 Å². The first-order valence-corrected chi connectivity index (χ1v) is 7.13. The van der Waals surface area contributed by atoms with Crippen LogP contribution in [0.1, 0.15) is 27.7 Å². The molecular weight excluding hydrogens is 310 g/mol. The summed E-state index contributed by atoms with van der Waals surface area (Å²) in [4.78, 5) is 22.0. The van der Waals surface area contributed by atoms with Crippen molar-refractivity contribution in [2.75, 3.05) is 11.9 Å². The van der Waals surface area contributed by atoms with Gasteiger partial charge < -0.3 is 15.4 Å². The average molecular weight is 330 g/mol.